The van der Waals surface area contributed by atoms with Crippen LogP contribution in [0.3, 0.4) is 0 Å². The Kier molecular flexibility index (Phi) is 4.25. The number of piperidine rings is 1. The van der Waals surface area contributed by atoms with Crippen LogP contribution < -0.4 is 0 Å². The number of nitrogens with zero attached hydrogens (tertiary/aromatic N) is 1. The lowest BCUT2D eigenvalue weighted by atomic mass is 9.93. The van der Waals surface area contributed by atoms with E-state index in [0.29, 0.717) is 30.1 Å². The molecule has 2 rings (SSSR count). The van der Waals surface area contributed by atoms with E-state index in [-0.39, 0.29) is 17.6 Å². The second-order valence-corrected chi connectivity index (χ2v) is 5.44. The van der Waals surface area contributed by atoms with Crippen LogP contribution in [0.1, 0.15) is 35.7 Å². The molecule has 102 valence electrons. The molecule has 0 aliphatic carbocycles. The Balaban J connectivity index is 2.15. The topological polar surface area (TPSA) is 37.4 Å². The average Bonchev–Trinajstić information content (AvgIpc) is 2.41. The highest BCUT2D eigenvalue weighted by atomic mass is 35.5. The summed E-state index contributed by atoms with van der Waals surface area (Å²) in [6.45, 7) is 4.93. The molecule has 0 radical (unpaired) electrons. The van der Waals surface area contributed by atoms with E-state index >= 15 is 0 Å². The van der Waals surface area contributed by atoms with Crippen molar-refractivity contribution in [2.45, 2.75) is 26.7 Å². The number of hydrogen-bond acceptors (Lipinski definition) is 2. The zero-order valence-electron chi connectivity index (χ0n) is 11.3. The maximum absolute atomic E-state index is 12.4. The third-order valence-corrected chi connectivity index (χ3v) is 4.13. The van der Waals surface area contributed by atoms with E-state index in [1.807, 2.05) is 19.9 Å². The van der Waals surface area contributed by atoms with Gasteiger partial charge < -0.3 is 4.90 Å². The van der Waals surface area contributed by atoms with E-state index in [1.165, 1.54) is 0 Å². The van der Waals surface area contributed by atoms with Crippen LogP contribution >= 0.6 is 11.6 Å². The quantitative estimate of drug-likeness (QED) is 0.834. The Bertz CT molecular complexity index is 513. The summed E-state index contributed by atoms with van der Waals surface area (Å²) in [6, 6.07) is 5.35. The van der Waals surface area contributed by atoms with Crippen LogP contribution in [-0.2, 0) is 4.79 Å². The Hall–Kier alpha value is -1.35. The van der Waals surface area contributed by atoms with Gasteiger partial charge in [-0.3, -0.25) is 9.59 Å². The third-order valence-electron chi connectivity index (χ3n) is 3.72. The number of halogens is 1. The highest BCUT2D eigenvalue weighted by Gasteiger charge is 2.29. The highest BCUT2D eigenvalue weighted by molar-refractivity contribution is 6.31. The van der Waals surface area contributed by atoms with Gasteiger partial charge in [0.25, 0.3) is 5.91 Å². The molecule has 1 aromatic rings. The number of likely N-dealkylation sites (tertiary alicyclic amines) is 1. The van der Waals surface area contributed by atoms with Crippen molar-refractivity contribution in [1.82, 2.24) is 4.90 Å². The minimum atomic E-state index is -0.0344. The van der Waals surface area contributed by atoms with Crippen LogP contribution in [0.4, 0.5) is 0 Å². The van der Waals surface area contributed by atoms with E-state index in [9.17, 15) is 9.59 Å². The molecular weight excluding hydrogens is 262 g/mol. The predicted molar refractivity (Wildman–Crippen MR) is 75.5 cm³/mol. The smallest absolute Gasteiger partial charge is 0.253 e. The third kappa shape index (κ3) is 2.98. The molecule has 1 amide bonds. The zero-order valence-corrected chi connectivity index (χ0v) is 12.0. The molecule has 1 aliphatic rings. The molecule has 4 heteroatoms. The second kappa shape index (κ2) is 5.74. The Morgan fingerprint density at radius 2 is 2.21 bits per heavy atom. The minimum Gasteiger partial charge on any atom is -0.337 e. The van der Waals surface area contributed by atoms with E-state index < -0.39 is 0 Å². The molecule has 0 bridgehead atoms. The molecule has 1 atom stereocenters. The predicted octanol–water partition coefficient (Wildman–Crippen LogP) is 3.09. The molecule has 1 aromatic carbocycles. The number of benzene rings is 1. The molecule has 0 N–H and O–H groups in total. The number of amides is 1. The fourth-order valence-electron chi connectivity index (χ4n) is 2.36. The van der Waals surface area contributed by atoms with E-state index in [1.54, 1.807) is 17.0 Å². The molecule has 0 aromatic heterocycles. The van der Waals surface area contributed by atoms with Gasteiger partial charge in [-0.2, -0.15) is 0 Å². The molecule has 1 aliphatic heterocycles. The maximum Gasteiger partial charge on any atom is 0.253 e. The van der Waals surface area contributed by atoms with Gasteiger partial charge in [-0.05, 0) is 31.0 Å². The van der Waals surface area contributed by atoms with Gasteiger partial charge in [0.05, 0.1) is 0 Å². The summed E-state index contributed by atoms with van der Waals surface area (Å²) in [4.78, 5) is 25.8. The summed E-state index contributed by atoms with van der Waals surface area (Å²) >= 11 is 6.05. The largest absolute Gasteiger partial charge is 0.337 e. The normalized spacial score (nSPS) is 19.6. The average molecular weight is 280 g/mol. The fourth-order valence-corrected chi connectivity index (χ4v) is 2.54. The second-order valence-electron chi connectivity index (χ2n) is 5.04. The van der Waals surface area contributed by atoms with Crippen molar-refractivity contribution in [2.75, 3.05) is 13.1 Å². The molecule has 1 unspecified atom stereocenters. The number of Topliss-reactive ketones (excluding diaryl/α,β-unsaturated/α-hetero) is 1. The van der Waals surface area contributed by atoms with Gasteiger partial charge >= 0.3 is 0 Å². The summed E-state index contributed by atoms with van der Waals surface area (Å²) in [6.07, 6.45) is 1.25. The van der Waals surface area contributed by atoms with Crippen molar-refractivity contribution < 1.29 is 9.59 Å². The van der Waals surface area contributed by atoms with Crippen LogP contribution in [-0.4, -0.2) is 29.7 Å². The molecule has 19 heavy (non-hydrogen) atoms. The molecule has 3 nitrogen and oxygen atoms in total. The van der Waals surface area contributed by atoms with Gasteiger partial charge in [0, 0.05) is 36.0 Å². The standard InChI is InChI=1S/C15H18ClNO2/c1-3-11-9-17(7-6-14(11)18)15(19)12-5-4-10(2)13(16)8-12/h4-5,8,11H,3,6-7,9H2,1-2H3. The van der Waals surface area contributed by atoms with Crippen LogP contribution in [0.15, 0.2) is 18.2 Å². The first-order chi connectivity index (χ1) is 9.02. The van der Waals surface area contributed by atoms with Gasteiger partial charge in [-0.25, -0.2) is 0 Å². The van der Waals surface area contributed by atoms with Crippen molar-refractivity contribution in [1.29, 1.82) is 0 Å². The summed E-state index contributed by atoms with van der Waals surface area (Å²) in [5.41, 5.74) is 1.55. The van der Waals surface area contributed by atoms with Gasteiger partial charge in [-0.15, -0.1) is 0 Å². The van der Waals surface area contributed by atoms with Crippen molar-refractivity contribution in [2.24, 2.45) is 5.92 Å². The lowest BCUT2D eigenvalue weighted by Gasteiger charge is -2.31. The van der Waals surface area contributed by atoms with Gasteiger partial charge in [0.2, 0.25) is 0 Å². The Labute approximate surface area is 118 Å². The molecule has 1 saturated heterocycles. The summed E-state index contributed by atoms with van der Waals surface area (Å²) in [5, 5.41) is 0.603. The van der Waals surface area contributed by atoms with E-state index in [2.05, 4.69) is 0 Å². The molecular formula is C15H18ClNO2. The van der Waals surface area contributed by atoms with E-state index in [0.717, 1.165) is 12.0 Å². The highest BCUT2D eigenvalue weighted by Crippen LogP contribution is 2.21. The SMILES string of the molecule is CCC1CN(C(=O)c2ccc(C)c(Cl)c2)CCC1=O. The first kappa shape index (κ1) is 14.1. The van der Waals surface area contributed by atoms with Crippen LogP contribution in [0.5, 0.6) is 0 Å². The minimum absolute atomic E-state index is 0.0152. The lowest BCUT2D eigenvalue weighted by molar-refractivity contribution is -0.125. The number of carbonyl (C=O) groups excluding carboxylic acids is 2. The maximum atomic E-state index is 12.4. The molecule has 0 saturated carbocycles. The Morgan fingerprint density at radius 1 is 1.47 bits per heavy atom. The fraction of sp³-hybridized carbons (Fsp3) is 0.467. The van der Waals surface area contributed by atoms with Crippen molar-refractivity contribution in [3.05, 3.63) is 34.3 Å². The zero-order chi connectivity index (χ0) is 14.0. The van der Waals surface area contributed by atoms with Crippen molar-refractivity contribution in [3.8, 4) is 0 Å². The number of hydrogen-bond donors (Lipinski definition) is 0. The monoisotopic (exact) mass is 279 g/mol. The van der Waals surface area contributed by atoms with Crippen LogP contribution in [0, 0.1) is 12.8 Å². The first-order valence-corrected chi connectivity index (χ1v) is 6.99. The summed E-state index contributed by atoms with van der Waals surface area (Å²) in [7, 11) is 0. The van der Waals surface area contributed by atoms with Crippen molar-refractivity contribution >= 4 is 23.3 Å². The number of aryl methyl sites for hydroxylation is 1. The summed E-state index contributed by atoms with van der Waals surface area (Å²) in [5.74, 6) is 0.222. The number of carbonyl (C=O) groups is 2. The molecule has 1 heterocycles. The number of ketones is 1. The lowest BCUT2D eigenvalue weighted by Crippen LogP contribution is -2.43. The summed E-state index contributed by atoms with van der Waals surface area (Å²) < 4.78 is 0. The number of rotatable bonds is 2. The van der Waals surface area contributed by atoms with Crippen LogP contribution in [0.25, 0.3) is 0 Å². The first-order valence-electron chi connectivity index (χ1n) is 6.61. The van der Waals surface area contributed by atoms with Crippen molar-refractivity contribution in [3.63, 3.8) is 0 Å². The van der Waals surface area contributed by atoms with Gasteiger partial charge in [-0.1, -0.05) is 24.6 Å². The van der Waals surface area contributed by atoms with Gasteiger partial charge in [0.15, 0.2) is 0 Å². The Morgan fingerprint density at radius 3 is 2.84 bits per heavy atom. The van der Waals surface area contributed by atoms with Crippen LogP contribution in [0.2, 0.25) is 5.02 Å². The molecule has 1 fully saturated rings. The molecule has 0 spiro atoms. The van der Waals surface area contributed by atoms with E-state index in [4.69, 9.17) is 11.6 Å². The van der Waals surface area contributed by atoms with Gasteiger partial charge in [0.1, 0.15) is 5.78 Å².